The summed E-state index contributed by atoms with van der Waals surface area (Å²) in [6.45, 7) is 2.37. The molecule has 1 amide bonds. The first kappa shape index (κ1) is 14.5. The quantitative estimate of drug-likeness (QED) is 0.628. The van der Waals surface area contributed by atoms with E-state index in [9.17, 15) is 20.0 Å². The molecule has 0 saturated heterocycles. The summed E-state index contributed by atoms with van der Waals surface area (Å²) < 4.78 is 1.57. The molecule has 1 saturated carbocycles. The molecule has 0 radical (unpaired) electrons. The Kier molecular flexibility index (Phi) is 4.39. The van der Waals surface area contributed by atoms with E-state index < -0.39 is 4.92 Å². The van der Waals surface area contributed by atoms with Crippen LogP contribution < -0.4 is 5.32 Å². The zero-order valence-corrected chi connectivity index (χ0v) is 11.4. The van der Waals surface area contributed by atoms with Gasteiger partial charge in [-0.25, -0.2) is 0 Å². The van der Waals surface area contributed by atoms with Gasteiger partial charge < -0.3 is 15.0 Å². The first-order chi connectivity index (χ1) is 9.56. The van der Waals surface area contributed by atoms with Gasteiger partial charge in [-0.2, -0.15) is 0 Å². The number of hydrogen-bond acceptors (Lipinski definition) is 4. The van der Waals surface area contributed by atoms with Gasteiger partial charge in [-0.15, -0.1) is 0 Å². The van der Waals surface area contributed by atoms with Crippen LogP contribution in [0.25, 0.3) is 0 Å². The summed E-state index contributed by atoms with van der Waals surface area (Å²) in [4.78, 5) is 22.5. The summed E-state index contributed by atoms with van der Waals surface area (Å²) in [6.07, 6.45) is 4.08. The molecule has 1 aromatic heterocycles. The van der Waals surface area contributed by atoms with Gasteiger partial charge in [-0.1, -0.05) is 6.42 Å². The lowest BCUT2D eigenvalue weighted by molar-refractivity contribution is -0.384. The first-order valence-corrected chi connectivity index (χ1v) is 6.83. The molecule has 1 aliphatic rings. The molecule has 2 unspecified atom stereocenters. The van der Waals surface area contributed by atoms with Gasteiger partial charge in [0.05, 0.1) is 11.1 Å². The molecule has 2 N–H and O–H groups in total. The summed E-state index contributed by atoms with van der Waals surface area (Å²) in [5.41, 5.74) is 0.213. The monoisotopic (exact) mass is 281 g/mol. The van der Waals surface area contributed by atoms with Crippen molar-refractivity contribution >= 4 is 11.6 Å². The van der Waals surface area contributed by atoms with Crippen molar-refractivity contribution in [3.05, 3.63) is 28.1 Å². The highest BCUT2D eigenvalue weighted by Crippen LogP contribution is 2.25. The molecular weight excluding hydrogens is 262 g/mol. The highest BCUT2D eigenvalue weighted by molar-refractivity contribution is 5.93. The Labute approximate surface area is 116 Å². The Bertz CT molecular complexity index is 512. The van der Waals surface area contributed by atoms with E-state index in [4.69, 9.17) is 0 Å². The molecule has 0 aliphatic heterocycles. The van der Waals surface area contributed by atoms with Crippen LogP contribution in [0.4, 0.5) is 5.69 Å². The number of nitro groups is 1. The van der Waals surface area contributed by atoms with Crippen LogP contribution in [0.1, 0.15) is 36.7 Å². The minimum atomic E-state index is -0.505. The van der Waals surface area contributed by atoms with E-state index >= 15 is 0 Å². The molecule has 1 aromatic rings. The van der Waals surface area contributed by atoms with Gasteiger partial charge in [0, 0.05) is 31.2 Å². The zero-order chi connectivity index (χ0) is 14.7. The second-order valence-corrected chi connectivity index (χ2v) is 5.08. The maximum atomic E-state index is 12.2. The Morgan fingerprint density at radius 3 is 2.95 bits per heavy atom. The Hall–Kier alpha value is -1.89. The number of carbonyl (C=O) groups is 1. The van der Waals surface area contributed by atoms with Crippen molar-refractivity contribution in [2.45, 2.75) is 38.8 Å². The third-order valence-electron chi connectivity index (χ3n) is 3.88. The van der Waals surface area contributed by atoms with Crippen LogP contribution in [0, 0.1) is 16.0 Å². The lowest BCUT2D eigenvalue weighted by Gasteiger charge is -2.19. The third kappa shape index (κ3) is 2.82. The van der Waals surface area contributed by atoms with Crippen molar-refractivity contribution in [2.24, 2.45) is 5.92 Å². The van der Waals surface area contributed by atoms with E-state index in [1.54, 1.807) is 4.57 Å². The van der Waals surface area contributed by atoms with Crippen LogP contribution in [0.5, 0.6) is 0 Å². The van der Waals surface area contributed by atoms with Crippen molar-refractivity contribution in [1.29, 1.82) is 0 Å². The molecule has 0 bridgehead atoms. The van der Waals surface area contributed by atoms with E-state index in [1.165, 1.54) is 12.3 Å². The molecule has 1 aliphatic carbocycles. The van der Waals surface area contributed by atoms with Crippen molar-refractivity contribution in [2.75, 3.05) is 6.61 Å². The normalized spacial score (nSPS) is 21.9. The van der Waals surface area contributed by atoms with Gasteiger partial charge in [0.25, 0.3) is 11.6 Å². The molecule has 1 heterocycles. The molecule has 0 aromatic carbocycles. The fraction of sp³-hybridized carbons (Fsp3) is 0.615. The number of carbonyl (C=O) groups excluding carboxylic acids is 1. The third-order valence-corrected chi connectivity index (χ3v) is 3.88. The first-order valence-electron chi connectivity index (χ1n) is 6.83. The molecular formula is C13H19N3O4. The van der Waals surface area contributed by atoms with Crippen molar-refractivity contribution in [1.82, 2.24) is 9.88 Å². The van der Waals surface area contributed by atoms with Crippen LogP contribution >= 0.6 is 0 Å². The molecule has 7 nitrogen and oxygen atoms in total. The van der Waals surface area contributed by atoms with Crippen LogP contribution in [-0.4, -0.2) is 33.2 Å². The van der Waals surface area contributed by atoms with Crippen LogP contribution in [0.3, 0.4) is 0 Å². The maximum absolute atomic E-state index is 12.2. The van der Waals surface area contributed by atoms with Crippen LogP contribution in [-0.2, 0) is 6.54 Å². The van der Waals surface area contributed by atoms with E-state index in [1.807, 2.05) is 6.92 Å². The van der Waals surface area contributed by atoms with Gasteiger partial charge in [0.15, 0.2) is 0 Å². The predicted octanol–water partition coefficient (Wildman–Crippen LogP) is 1.31. The highest BCUT2D eigenvalue weighted by atomic mass is 16.6. The lowest BCUT2D eigenvalue weighted by atomic mass is 10.1. The van der Waals surface area contributed by atoms with Crippen LogP contribution in [0.2, 0.25) is 0 Å². The predicted molar refractivity (Wildman–Crippen MR) is 72.4 cm³/mol. The number of rotatable bonds is 5. The van der Waals surface area contributed by atoms with Gasteiger partial charge in [0.2, 0.25) is 0 Å². The SMILES string of the molecule is CCn1cc([N+](=O)[O-])cc1C(=O)NC1CCCC1CO. The van der Waals surface area contributed by atoms with E-state index in [0.29, 0.717) is 12.2 Å². The average molecular weight is 281 g/mol. The molecule has 2 rings (SSSR count). The average Bonchev–Trinajstić information content (AvgIpc) is 3.04. The number of nitrogens with zero attached hydrogens (tertiary/aromatic N) is 2. The van der Waals surface area contributed by atoms with Crippen molar-refractivity contribution in [3.63, 3.8) is 0 Å². The van der Waals surface area contributed by atoms with Gasteiger partial charge in [-0.05, 0) is 19.8 Å². The highest BCUT2D eigenvalue weighted by Gasteiger charge is 2.29. The summed E-state index contributed by atoms with van der Waals surface area (Å²) in [5, 5.41) is 22.9. The fourth-order valence-corrected chi connectivity index (χ4v) is 2.73. The van der Waals surface area contributed by atoms with E-state index in [0.717, 1.165) is 19.3 Å². The minimum absolute atomic E-state index is 0.0493. The number of aromatic nitrogens is 1. The molecule has 2 atom stereocenters. The largest absolute Gasteiger partial charge is 0.396 e. The number of nitrogens with one attached hydrogen (secondary N) is 1. The minimum Gasteiger partial charge on any atom is -0.396 e. The molecule has 7 heteroatoms. The van der Waals surface area contributed by atoms with Gasteiger partial charge >= 0.3 is 0 Å². The molecule has 20 heavy (non-hydrogen) atoms. The second-order valence-electron chi connectivity index (χ2n) is 5.08. The van der Waals surface area contributed by atoms with Crippen molar-refractivity contribution < 1.29 is 14.8 Å². The van der Waals surface area contributed by atoms with E-state index in [-0.39, 0.29) is 30.2 Å². The standard InChI is InChI=1S/C13H19N3O4/c1-2-15-7-10(16(19)20)6-12(15)13(18)14-11-5-3-4-9(11)8-17/h6-7,9,11,17H,2-5,8H2,1H3,(H,14,18). The number of aliphatic hydroxyl groups excluding tert-OH is 1. The topological polar surface area (TPSA) is 97.4 Å². The molecule has 110 valence electrons. The summed E-state index contributed by atoms with van der Waals surface area (Å²) >= 11 is 0. The number of aliphatic hydroxyl groups is 1. The lowest BCUT2D eigenvalue weighted by Crippen LogP contribution is -2.39. The smallest absolute Gasteiger partial charge is 0.287 e. The maximum Gasteiger partial charge on any atom is 0.287 e. The number of amides is 1. The zero-order valence-electron chi connectivity index (χ0n) is 11.4. The Balaban J connectivity index is 2.14. The number of aryl methyl sites for hydroxylation is 1. The molecule has 1 fully saturated rings. The second kappa shape index (κ2) is 6.04. The van der Waals surface area contributed by atoms with Crippen molar-refractivity contribution in [3.8, 4) is 0 Å². The fourth-order valence-electron chi connectivity index (χ4n) is 2.73. The van der Waals surface area contributed by atoms with Crippen LogP contribution in [0.15, 0.2) is 12.3 Å². The summed E-state index contributed by atoms with van der Waals surface area (Å²) in [5.74, 6) is -0.232. The van der Waals surface area contributed by atoms with Gasteiger partial charge in [-0.3, -0.25) is 14.9 Å². The number of hydrogen-bond donors (Lipinski definition) is 2. The molecule has 0 spiro atoms. The summed E-state index contributed by atoms with van der Waals surface area (Å²) in [6, 6.07) is 1.24. The van der Waals surface area contributed by atoms with E-state index in [2.05, 4.69) is 5.32 Å². The Morgan fingerprint density at radius 1 is 1.60 bits per heavy atom. The summed E-state index contributed by atoms with van der Waals surface area (Å²) in [7, 11) is 0. The Morgan fingerprint density at radius 2 is 2.35 bits per heavy atom. The van der Waals surface area contributed by atoms with Gasteiger partial charge in [0.1, 0.15) is 5.69 Å².